The molecule has 1 atom stereocenters. The Balaban J connectivity index is 1.90. The zero-order valence-corrected chi connectivity index (χ0v) is 16.5. The number of hydrogen-bond acceptors (Lipinski definition) is 3. The monoisotopic (exact) mass is 374 g/mol. The molecule has 0 saturated heterocycles. The van der Waals surface area contributed by atoms with E-state index < -0.39 is 0 Å². The molecule has 0 bridgehead atoms. The summed E-state index contributed by atoms with van der Waals surface area (Å²) in [5.41, 5.74) is 5.37. The van der Waals surface area contributed by atoms with Crippen LogP contribution < -0.4 is 0 Å². The predicted molar refractivity (Wildman–Crippen MR) is 113 cm³/mol. The summed E-state index contributed by atoms with van der Waals surface area (Å²) in [6, 6.07) is 19.0. The standard InChI is InChI=1S/C22H22N4S/c1-4-14(2)15-9-11-16(12-10-15)20-13-18(21-24-25-22(27)26(21)3)17-7-5-6-8-19(17)23-20/h5-14H,4H2,1-3H3,(H,25,27)/t14-/m1/s1. The molecule has 0 aliphatic rings. The summed E-state index contributed by atoms with van der Waals surface area (Å²) in [4.78, 5) is 4.89. The van der Waals surface area contributed by atoms with Crippen LogP contribution in [0.5, 0.6) is 0 Å². The molecule has 27 heavy (non-hydrogen) atoms. The normalized spacial score (nSPS) is 12.4. The van der Waals surface area contributed by atoms with Gasteiger partial charge in [-0.25, -0.2) is 4.98 Å². The van der Waals surface area contributed by atoms with Crippen LogP contribution in [0.15, 0.2) is 54.6 Å². The zero-order valence-electron chi connectivity index (χ0n) is 15.7. The lowest BCUT2D eigenvalue weighted by Crippen LogP contribution is -1.96. The number of fused-ring (bicyclic) bond motifs is 1. The van der Waals surface area contributed by atoms with Crippen LogP contribution in [0.2, 0.25) is 0 Å². The summed E-state index contributed by atoms with van der Waals surface area (Å²) >= 11 is 5.30. The maximum atomic E-state index is 5.30. The van der Waals surface area contributed by atoms with Crippen molar-refractivity contribution in [2.24, 2.45) is 7.05 Å². The topological polar surface area (TPSA) is 46.5 Å². The first-order chi connectivity index (χ1) is 13.1. The van der Waals surface area contributed by atoms with Crippen LogP contribution in [0.1, 0.15) is 31.7 Å². The van der Waals surface area contributed by atoms with Crippen molar-refractivity contribution in [3.63, 3.8) is 0 Å². The molecule has 4 rings (SSSR count). The van der Waals surface area contributed by atoms with Crippen molar-refractivity contribution in [3.8, 4) is 22.6 Å². The second-order valence-corrected chi connectivity index (χ2v) is 7.30. The summed E-state index contributed by atoms with van der Waals surface area (Å²) in [7, 11) is 1.93. The van der Waals surface area contributed by atoms with Gasteiger partial charge < -0.3 is 4.57 Å². The Kier molecular flexibility index (Phi) is 4.62. The van der Waals surface area contributed by atoms with Gasteiger partial charge in [0.25, 0.3) is 0 Å². The Labute approximate surface area is 163 Å². The first-order valence-electron chi connectivity index (χ1n) is 9.20. The highest BCUT2D eigenvalue weighted by Crippen LogP contribution is 2.31. The van der Waals surface area contributed by atoms with E-state index in [1.54, 1.807) is 0 Å². The van der Waals surface area contributed by atoms with E-state index in [2.05, 4.69) is 60.4 Å². The van der Waals surface area contributed by atoms with Crippen molar-refractivity contribution in [2.75, 3.05) is 0 Å². The quantitative estimate of drug-likeness (QED) is 0.454. The van der Waals surface area contributed by atoms with Gasteiger partial charge in [0.15, 0.2) is 10.6 Å². The van der Waals surface area contributed by atoms with Gasteiger partial charge in [0.2, 0.25) is 0 Å². The smallest absolute Gasteiger partial charge is 0.195 e. The number of H-pyrrole nitrogens is 1. The molecule has 0 aliphatic carbocycles. The molecule has 5 heteroatoms. The summed E-state index contributed by atoms with van der Waals surface area (Å²) in [5, 5.41) is 8.38. The van der Waals surface area contributed by atoms with E-state index in [1.807, 2.05) is 29.8 Å². The molecule has 2 aromatic carbocycles. The fourth-order valence-electron chi connectivity index (χ4n) is 3.31. The van der Waals surface area contributed by atoms with Gasteiger partial charge in [-0.1, -0.05) is 56.3 Å². The van der Waals surface area contributed by atoms with Gasteiger partial charge in [0, 0.05) is 23.6 Å². The average molecular weight is 375 g/mol. The highest BCUT2D eigenvalue weighted by Gasteiger charge is 2.14. The third-order valence-electron chi connectivity index (χ3n) is 5.22. The Bertz CT molecular complexity index is 1160. The highest BCUT2D eigenvalue weighted by molar-refractivity contribution is 7.71. The van der Waals surface area contributed by atoms with Crippen molar-refractivity contribution in [2.45, 2.75) is 26.2 Å². The molecular weight excluding hydrogens is 352 g/mol. The maximum Gasteiger partial charge on any atom is 0.195 e. The fraction of sp³-hybridized carbons (Fsp3) is 0.227. The number of nitrogens with one attached hydrogen (secondary N) is 1. The van der Waals surface area contributed by atoms with Crippen LogP contribution >= 0.6 is 12.2 Å². The molecule has 136 valence electrons. The Morgan fingerprint density at radius 1 is 1.11 bits per heavy atom. The molecule has 0 amide bonds. The number of rotatable bonds is 4. The van der Waals surface area contributed by atoms with Crippen molar-refractivity contribution in [3.05, 3.63) is 64.9 Å². The third-order valence-corrected chi connectivity index (χ3v) is 5.59. The van der Waals surface area contributed by atoms with Crippen LogP contribution in [0.4, 0.5) is 0 Å². The zero-order chi connectivity index (χ0) is 19.0. The van der Waals surface area contributed by atoms with Crippen LogP contribution in [-0.2, 0) is 7.05 Å². The number of para-hydroxylation sites is 1. The van der Waals surface area contributed by atoms with Crippen molar-refractivity contribution in [1.29, 1.82) is 0 Å². The van der Waals surface area contributed by atoms with E-state index in [0.29, 0.717) is 10.7 Å². The van der Waals surface area contributed by atoms with E-state index in [0.717, 1.165) is 40.0 Å². The van der Waals surface area contributed by atoms with Gasteiger partial charge >= 0.3 is 0 Å². The Hall–Kier alpha value is -2.79. The highest BCUT2D eigenvalue weighted by atomic mass is 32.1. The van der Waals surface area contributed by atoms with Crippen molar-refractivity contribution < 1.29 is 0 Å². The third kappa shape index (κ3) is 3.19. The first-order valence-corrected chi connectivity index (χ1v) is 9.61. The summed E-state index contributed by atoms with van der Waals surface area (Å²) in [6.45, 7) is 4.47. The molecule has 0 saturated carbocycles. The second kappa shape index (κ2) is 7.08. The summed E-state index contributed by atoms with van der Waals surface area (Å²) < 4.78 is 2.50. The van der Waals surface area contributed by atoms with Crippen LogP contribution in [-0.4, -0.2) is 19.7 Å². The largest absolute Gasteiger partial charge is 0.303 e. The molecule has 0 spiro atoms. The van der Waals surface area contributed by atoms with Crippen LogP contribution in [0, 0.1) is 4.77 Å². The Morgan fingerprint density at radius 2 is 1.85 bits per heavy atom. The minimum Gasteiger partial charge on any atom is -0.303 e. The number of benzene rings is 2. The average Bonchev–Trinajstić information content (AvgIpc) is 3.05. The summed E-state index contributed by atoms with van der Waals surface area (Å²) in [6.07, 6.45) is 1.14. The maximum absolute atomic E-state index is 5.30. The van der Waals surface area contributed by atoms with Gasteiger partial charge in [0.1, 0.15) is 0 Å². The lowest BCUT2D eigenvalue weighted by molar-refractivity contribution is 0.734. The molecule has 0 aliphatic heterocycles. The van der Waals surface area contributed by atoms with E-state index in [9.17, 15) is 0 Å². The van der Waals surface area contributed by atoms with E-state index in [1.165, 1.54) is 5.56 Å². The predicted octanol–water partition coefficient (Wildman–Crippen LogP) is 5.87. The van der Waals surface area contributed by atoms with Crippen molar-refractivity contribution in [1.82, 2.24) is 19.7 Å². The number of nitrogens with zero attached hydrogens (tertiary/aromatic N) is 3. The van der Waals surface area contributed by atoms with Gasteiger partial charge in [-0.3, -0.25) is 5.10 Å². The van der Waals surface area contributed by atoms with Gasteiger partial charge in [0.05, 0.1) is 11.2 Å². The molecule has 2 aromatic heterocycles. The van der Waals surface area contributed by atoms with E-state index >= 15 is 0 Å². The van der Waals surface area contributed by atoms with Gasteiger partial charge in [-0.2, -0.15) is 5.10 Å². The lowest BCUT2D eigenvalue weighted by Gasteiger charge is -2.12. The molecule has 4 nitrogen and oxygen atoms in total. The molecule has 4 aromatic rings. The van der Waals surface area contributed by atoms with E-state index in [-0.39, 0.29) is 0 Å². The van der Waals surface area contributed by atoms with Crippen LogP contribution in [0.25, 0.3) is 33.5 Å². The number of aromatic amines is 1. The summed E-state index contributed by atoms with van der Waals surface area (Å²) in [5.74, 6) is 1.38. The SMILES string of the molecule is CC[C@@H](C)c1ccc(-c2cc(-c3n[nH]c(=S)n3C)c3ccccc3n2)cc1. The minimum absolute atomic E-state index is 0.563. The van der Waals surface area contributed by atoms with Gasteiger partial charge in [-0.15, -0.1) is 0 Å². The second-order valence-electron chi connectivity index (χ2n) is 6.91. The molecule has 0 fully saturated rings. The lowest BCUT2D eigenvalue weighted by atomic mass is 9.96. The number of hydrogen-bond donors (Lipinski definition) is 1. The fourth-order valence-corrected chi connectivity index (χ4v) is 3.45. The van der Waals surface area contributed by atoms with Crippen molar-refractivity contribution >= 4 is 23.1 Å². The molecule has 2 heterocycles. The van der Waals surface area contributed by atoms with Crippen LogP contribution in [0.3, 0.4) is 0 Å². The molecular formula is C22H22N4S. The number of pyridine rings is 1. The van der Waals surface area contributed by atoms with E-state index in [4.69, 9.17) is 17.2 Å². The molecule has 1 N–H and O–H groups in total. The Morgan fingerprint density at radius 3 is 2.52 bits per heavy atom. The number of aromatic nitrogens is 4. The first kappa shape index (κ1) is 17.6. The van der Waals surface area contributed by atoms with Gasteiger partial charge in [-0.05, 0) is 42.3 Å². The minimum atomic E-state index is 0.563. The molecule has 0 radical (unpaired) electrons. The molecule has 0 unspecified atom stereocenters.